The van der Waals surface area contributed by atoms with E-state index in [2.05, 4.69) is 112 Å². The summed E-state index contributed by atoms with van der Waals surface area (Å²) in [6, 6.07) is 54.1. The summed E-state index contributed by atoms with van der Waals surface area (Å²) in [6.07, 6.45) is 0. The molecule has 6 heteroatoms. The van der Waals surface area contributed by atoms with E-state index >= 15 is 0 Å². The molecule has 0 fully saturated rings. The molecule has 0 bridgehead atoms. The Balaban J connectivity index is 1.17. The van der Waals surface area contributed by atoms with Gasteiger partial charge in [-0.05, 0) is 131 Å². The minimum atomic E-state index is 0.737. The van der Waals surface area contributed by atoms with Gasteiger partial charge >= 0.3 is 0 Å². The third kappa shape index (κ3) is 5.63. The van der Waals surface area contributed by atoms with Crippen molar-refractivity contribution in [3.05, 3.63) is 158 Å². The second kappa shape index (κ2) is 11.9. The SMILES string of the molecule is Nc1ccc(Nc2ccc(-c3ccc4c5ccc(-c6ccc(Nc7ccc(N)cc7)cc6)cc5n(-c5ccc(N)cc5)c4c3)cc2)cc1. The van der Waals surface area contributed by atoms with Crippen molar-refractivity contribution in [3.63, 3.8) is 0 Å². The summed E-state index contributed by atoms with van der Waals surface area (Å²) in [5.41, 5.74) is 32.0. The third-order valence-corrected chi connectivity index (χ3v) is 8.75. The summed E-state index contributed by atoms with van der Waals surface area (Å²) in [5, 5.41) is 9.29. The molecule has 0 atom stereocenters. The molecular weight excluding hydrogens is 589 g/mol. The van der Waals surface area contributed by atoms with Gasteiger partial charge in [-0.15, -0.1) is 0 Å². The molecule has 0 aliphatic carbocycles. The predicted octanol–water partition coefficient (Wildman–Crippen LogP) is 10.4. The van der Waals surface area contributed by atoms with Crippen LogP contribution in [0.4, 0.5) is 39.8 Å². The van der Waals surface area contributed by atoms with Crippen LogP contribution < -0.4 is 27.8 Å². The molecule has 0 amide bonds. The highest BCUT2D eigenvalue weighted by Gasteiger charge is 2.15. The number of rotatable bonds is 7. The van der Waals surface area contributed by atoms with Gasteiger partial charge in [0.05, 0.1) is 11.0 Å². The average molecular weight is 623 g/mol. The smallest absolute Gasteiger partial charge is 0.0547 e. The van der Waals surface area contributed by atoms with Crippen LogP contribution in [0.25, 0.3) is 49.7 Å². The van der Waals surface area contributed by atoms with Gasteiger partial charge in [-0.25, -0.2) is 0 Å². The van der Waals surface area contributed by atoms with Gasteiger partial charge < -0.3 is 32.4 Å². The summed E-state index contributed by atoms with van der Waals surface area (Å²) in [5.74, 6) is 0. The number of nitrogens with zero attached hydrogens (tertiary/aromatic N) is 1. The highest BCUT2D eigenvalue weighted by atomic mass is 15.0. The maximum atomic E-state index is 6.11. The molecule has 8 aromatic rings. The molecule has 8 N–H and O–H groups in total. The molecule has 0 aliphatic heterocycles. The monoisotopic (exact) mass is 622 g/mol. The number of nitrogens with one attached hydrogen (secondary N) is 2. The van der Waals surface area contributed by atoms with Gasteiger partial charge in [0, 0.05) is 56.3 Å². The lowest BCUT2D eigenvalue weighted by Gasteiger charge is -2.11. The average Bonchev–Trinajstić information content (AvgIpc) is 3.44. The number of aromatic nitrogens is 1. The first-order valence-electron chi connectivity index (χ1n) is 15.9. The van der Waals surface area contributed by atoms with Gasteiger partial charge in [0.25, 0.3) is 0 Å². The Morgan fingerprint density at radius 1 is 0.333 bits per heavy atom. The largest absolute Gasteiger partial charge is 0.399 e. The van der Waals surface area contributed by atoms with E-state index in [9.17, 15) is 0 Å². The lowest BCUT2D eigenvalue weighted by atomic mass is 10.0. The first-order valence-corrected chi connectivity index (χ1v) is 15.9. The van der Waals surface area contributed by atoms with Crippen LogP contribution in [0.3, 0.4) is 0 Å². The standard InChI is InChI=1S/C42H34N6/c43-31-7-17-36(18-8-31)46-34-13-1-27(2-14-34)29-5-23-39-40-24-6-30(26-42(40)48(41(39)25-29)38-21-11-33(45)12-22-38)28-3-15-35(16-4-28)47-37-19-9-32(44)10-20-37/h1-26,46-47H,43-45H2. The molecule has 6 nitrogen and oxygen atoms in total. The fourth-order valence-electron chi connectivity index (χ4n) is 6.24. The van der Waals surface area contributed by atoms with Crippen molar-refractivity contribution in [1.29, 1.82) is 0 Å². The summed E-state index contributed by atoms with van der Waals surface area (Å²) in [6.45, 7) is 0. The molecule has 8 rings (SSSR count). The Kier molecular flexibility index (Phi) is 7.16. The van der Waals surface area contributed by atoms with Crippen molar-refractivity contribution >= 4 is 61.6 Å². The Morgan fingerprint density at radius 2 is 0.646 bits per heavy atom. The number of hydrogen-bond acceptors (Lipinski definition) is 5. The minimum Gasteiger partial charge on any atom is -0.399 e. The molecule has 0 saturated carbocycles. The number of anilines is 7. The maximum Gasteiger partial charge on any atom is 0.0547 e. The molecule has 0 saturated heterocycles. The Labute approximate surface area is 279 Å². The van der Waals surface area contributed by atoms with Gasteiger partial charge in [-0.1, -0.05) is 48.5 Å². The van der Waals surface area contributed by atoms with E-state index in [1.807, 2.05) is 60.7 Å². The van der Waals surface area contributed by atoms with Gasteiger partial charge in [0.15, 0.2) is 0 Å². The lowest BCUT2D eigenvalue weighted by Crippen LogP contribution is -1.95. The van der Waals surface area contributed by atoms with Crippen LogP contribution in [0.2, 0.25) is 0 Å². The van der Waals surface area contributed by atoms with Crippen molar-refractivity contribution in [2.45, 2.75) is 0 Å². The van der Waals surface area contributed by atoms with Gasteiger partial charge in [-0.2, -0.15) is 0 Å². The Morgan fingerprint density at radius 3 is 1.02 bits per heavy atom. The van der Waals surface area contributed by atoms with Crippen LogP contribution in [0.1, 0.15) is 0 Å². The second-order valence-corrected chi connectivity index (χ2v) is 12.0. The fourth-order valence-corrected chi connectivity index (χ4v) is 6.24. The lowest BCUT2D eigenvalue weighted by molar-refractivity contribution is 1.18. The highest BCUT2D eigenvalue weighted by Crippen LogP contribution is 2.37. The molecule has 7 aromatic carbocycles. The van der Waals surface area contributed by atoms with Crippen LogP contribution in [0.15, 0.2) is 158 Å². The number of benzene rings is 7. The molecule has 1 aromatic heterocycles. The third-order valence-electron chi connectivity index (χ3n) is 8.75. The Hall–Kier alpha value is -6.66. The van der Waals surface area contributed by atoms with Crippen LogP contribution in [-0.4, -0.2) is 4.57 Å². The number of nitrogens with two attached hydrogens (primary N) is 3. The zero-order chi connectivity index (χ0) is 32.6. The van der Waals surface area contributed by atoms with Crippen LogP contribution in [0.5, 0.6) is 0 Å². The molecule has 1 heterocycles. The summed E-state index contributed by atoms with van der Waals surface area (Å²) >= 11 is 0. The fraction of sp³-hybridized carbons (Fsp3) is 0. The zero-order valence-corrected chi connectivity index (χ0v) is 26.2. The van der Waals surface area contributed by atoms with Gasteiger partial charge in [-0.3, -0.25) is 0 Å². The zero-order valence-electron chi connectivity index (χ0n) is 26.2. The van der Waals surface area contributed by atoms with Crippen molar-refractivity contribution in [2.24, 2.45) is 0 Å². The van der Waals surface area contributed by atoms with Gasteiger partial charge in [0.1, 0.15) is 0 Å². The molecular formula is C42H34N6. The van der Waals surface area contributed by atoms with E-state index in [1.54, 1.807) is 0 Å². The minimum absolute atomic E-state index is 0.737. The molecule has 232 valence electrons. The number of nitrogen functional groups attached to an aromatic ring is 3. The van der Waals surface area contributed by atoms with Crippen LogP contribution in [-0.2, 0) is 0 Å². The topological polar surface area (TPSA) is 107 Å². The van der Waals surface area contributed by atoms with Gasteiger partial charge in [0.2, 0.25) is 0 Å². The Bertz CT molecular complexity index is 2220. The quantitative estimate of drug-likeness (QED) is 0.114. The van der Waals surface area contributed by atoms with E-state index in [-0.39, 0.29) is 0 Å². The van der Waals surface area contributed by atoms with E-state index in [1.165, 1.54) is 10.8 Å². The highest BCUT2D eigenvalue weighted by molar-refractivity contribution is 6.11. The van der Waals surface area contributed by atoms with Crippen molar-refractivity contribution in [2.75, 3.05) is 27.8 Å². The summed E-state index contributed by atoms with van der Waals surface area (Å²) < 4.78 is 2.34. The summed E-state index contributed by atoms with van der Waals surface area (Å²) in [4.78, 5) is 0. The molecule has 0 radical (unpaired) electrons. The van der Waals surface area contributed by atoms with E-state index < -0.39 is 0 Å². The first kappa shape index (κ1) is 28.8. The van der Waals surface area contributed by atoms with E-state index in [0.717, 1.165) is 78.8 Å². The first-order chi connectivity index (χ1) is 23.5. The maximum absolute atomic E-state index is 6.11. The summed E-state index contributed by atoms with van der Waals surface area (Å²) in [7, 11) is 0. The molecule has 0 aliphatic rings. The van der Waals surface area contributed by atoms with Crippen molar-refractivity contribution in [3.8, 4) is 27.9 Å². The van der Waals surface area contributed by atoms with Crippen molar-refractivity contribution < 1.29 is 0 Å². The van der Waals surface area contributed by atoms with Crippen LogP contribution >= 0.6 is 0 Å². The van der Waals surface area contributed by atoms with E-state index in [4.69, 9.17) is 17.2 Å². The molecule has 0 spiro atoms. The molecule has 48 heavy (non-hydrogen) atoms. The second-order valence-electron chi connectivity index (χ2n) is 12.0. The van der Waals surface area contributed by atoms with E-state index in [0.29, 0.717) is 0 Å². The van der Waals surface area contributed by atoms with Crippen molar-refractivity contribution in [1.82, 2.24) is 4.57 Å². The normalized spacial score (nSPS) is 11.2. The van der Waals surface area contributed by atoms with Crippen LogP contribution in [0, 0.1) is 0 Å². The predicted molar refractivity (Wildman–Crippen MR) is 204 cm³/mol. The number of hydrogen-bond donors (Lipinski definition) is 5. The number of fused-ring (bicyclic) bond motifs is 3. The molecule has 0 unspecified atom stereocenters.